The van der Waals surface area contributed by atoms with Crippen molar-refractivity contribution in [3.63, 3.8) is 0 Å². The van der Waals surface area contributed by atoms with Crippen LogP contribution in [0, 0.1) is 5.92 Å². The number of nitrogens with one attached hydrogen (secondary N) is 1. The van der Waals surface area contributed by atoms with Gasteiger partial charge >= 0.3 is 5.97 Å². The third-order valence-corrected chi connectivity index (χ3v) is 5.29. The van der Waals surface area contributed by atoms with E-state index in [1.807, 2.05) is 74.6 Å². The first-order valence-corrected chi connectivity index (χ1v) is 9.61. The quantitative estimate of drug-likeness (QED) is 0.768. The number of amides is 1. The molecule has 0 spiro atoms. The van der Waals surface area contributed by atoms with Crippen LogP contribution in [0.1, 0.15) is 42.9 Å². The van der Waals surface area contributed by atoms with Gasteiger partial charge in [0.25, 0.3) is 0 Å². The lowest BCUT2D eigenvalue weighted by Crippen LogP contribution is -2.39. The Hall–Kier alpha value is -3.08. The number of hydrogen-bond donors (Lipinski definition) is 2. The highest BCUT2D eigenvalue weighted by atomic mass is 16.4. The second-order valence-electron chi connectivity index (χ2n) is 7.23. The predicted octanol–water partition coefficient (Wildman–Crippen LogP) is 3.83. The summed E-state index contributed by atoms with van der Waals surface area (Å²) in [4.78, 5) is 25.7. The normalized spacial score (nSPS) is 16.1. The standard InChI is InChI=1S/C23H26N2O3/c1-3-16(2)22(23(27)28)19-11-9-17(10-12-19)14-25-15-20(24-13-21(25)26)18-7-5-4-6-8-18/h4-12,15-16,22,24H,3,13-14H2,1-2H3,(H,27,28). The van der Waals surface area contributed by atoms with Gasteiger partial charge in [-0.3, -0.25) is 9.59 Å². The highest BCUT2D eigenvalue weighted by molar-refractivity contribution is 5.85. The Bertz CT molecular complexity index is 859. The number of carboxylic acid groups (broad SMARTS) is 1. The number of aliphatic carboxylic acids is 1. The van der Waals surface area contributed by atoms with Crippen molar-refractivity contribution in [3.8, 4) is 0 Å². The summed E-state index contributed by atoms with van der Waals surface area (Å²) in [5.41, 5.74) is 3.72. The van der Waals surface area contributed by atoms with Crippen molar-refractivity contribution >= 4 is 17.6 Å². The first kappa shape index (κ1) is 19.7. The molecule has 0 bridgehead atoms. The summed E-state index contributed by atoms with van der Waals surface area (Å²) in [6, 6.07) is 17.5. The fourth-order valence-electron chi connectivity index (χ4n) is 3.45. The van der Waals surface area contributed by atoms with Crippen LogP contribution in [-0.2, 0) is 16.1 Å². The first-order chi connectivity index (χ1) is 13.5. The zero-order chi connectivity index (χ0) is 20.1. The largest absolute Gasteiger partial charge is 0.481 e. The van der Waals surface area contributed by atoms with Crippen LogP contribution in [0.15, 0.2) is 60.8 Å². The first-order valence-electron chi connectivity index (χ1n) is 9.61. The van der Waals surface area contributed by atoms with Gasteiger partial charge in [0.2, 0.25) is 5.91 Å². The van der Waals surface area contributed by atoms with E-state index in [4.69, 9.17) is 0 Å². The second-order valence-corrected chi connectivity index (χ2v) is 7.23. The van der Waals surface area contributed by atoms with Gasteiger partial charge in [-0.05, 0) is 22.6 Å². The van der Waals surface area contributed by atoms with E-state index in [2.05, 4.69) is 5.32 Å². The van der Waals surface area contributed by atoms with Gasteiger partial charge in [-0.25, -0.2) is 0 Å². The monoisotopic (exact) mass is 378 g/mol. The average Bonchev–Trinajstić information content (AvgIpc) is 2.71. The Morgan fingerprint density at radius 2 is 1.82 bits per heavy atom. The van der Waals surface area contributed by atoms with E-state index < -0.39 is 11.9 Å². The SMILES string of the molecule is CCC(C)C(C(=O)O)c1ccc(CN2C=C(c3ccccc3)NCC2=O)cc1. The van der Waals surface area contributed by atoms with E-state index in [1.165, 1.54) is 0 Å². The number of rotatable bonds is 7. The Morgan fingerprint density at radius 3 is 2.43 bits per heavy atom. The molecule has 0 radical (unpaired) electrons. The molecule has 1 heterocycles. The van der Waals surface area contributed by atoms with Gasteiger partial charge in [-0.1, -0.05) is 74.9 Å². The van der Waals surface area contributed by atoms with Crippen molar-refractivity contribution < 1.29 is 14.7 Å². The molecule has 2 aromatic carbocycles. The van der Waals surface area contributed by atoms with Gasteiger partial charge < -0.3 is 15.3 Å². The molecule has 2 N–H and O–H groups in total. The van der Waals surface area contributed by atoms with Gasteiger partial charge in [0.1, 0.15) is 0 Å². The third-order valence-electron chi connectivity index (χ3n) is 5.29. The molecule has 0 aromatic heterocycles. The maximum absolute atomic E-state index is 12.3. The van der Waals surface area contributed by atoms with Crippen molar-refractivity contribution in [1.29, 1.82) is 0 Å². The molecule has 2 atom stereocenters. The van der Waals surface area contributed by atoms with Crippen LogP contribution in [0.2, 0.25) is 0 Å². The highest BCUT2D eigenvalue weighted by Gasteiger charge is 2.25. The summed E-state index contributed by atoms with van der Waals surface area (Å²) in [5.74, 6) is -1.24. The molecule has 1 aliphatic rings. The summed E-state index contributed by atoms with van der Waals surface area (Å²) in [7, 11) is 0. The zero-order valence-corrected chi connectivity index (χ0v) is 16.3. The molecule has 28 heavy (non-hydrogen) atoms. The minimum atomic E-state index is -0.796. The maximum atomic E-state index is 12.3. The number of carboxylic acids is 1. The Morgan fingerprint density at radius 1 is 1.14 bits per heavy atom. The van der Waals surface area contributed by atoms with Crippen LogP contribution >= 0.6 is 0 Å². The lowest BCUT2D eigenvalue weighted by atomic mass is 9.85. The van der Waals surface area contributed by atoms with E-state index >= 15 is 0 Å². The molecule has 3 rings (SSSR count). The molecule has 2 aromatic rings. The van der Waals surface area contributed by atoms with Gasteiger partial charge in [-0.2, -0.15) is 0 Å². The predicted molar refractivity (Wildman–Crippen MR) is 109 cm³/mol. The summed E-state index contributed by atoms with van der Waals surface area (Å²) < 4.78 is 0. The van der Waals surface area contributed by atoms with Crippen molar-refractivity contribution in [2.45, 2.75) is 32.7 Å². The molecule has 5 nitrogen and oxygen atoms in total. The summed E-state index contributed by atoms with van der Waals surface area (Å²) in [6.07, 6.45) is 2.65. The molecule has 1 aliphatic heterocycles. The van der Waals surface area contributed by atoms with Gasteiger partial charge in [0.05, 0.1) is 24.7 Å². The van der Waals surface area contributed by atoms with Crippen molar-refractivity contribution in [1.82, 2.24) is 10.2 Å². The van der Waals surface area contributed by atoms with Gasteiger partial charge in [0.15, 0.2) is 0 Å². The number of hydrogen-bond acceptors (Lipinski definition) is 3. The Labute approximate surface area is 165 Å². The Balaban J connectivity index is 1.77. The van der Waals surface area contributed by atoms with Crippen LogP contribution in [0.3, 0.4) is 0 Å². The fraction of sp³-hybridized carbons (Fsp3) is 0.304. The number of nitrogens with zero attached hydrogens (tertiary/aromatic N) is 1. The van der Waals surface area contributed by atoms with Crippen LogP contribution in [0.5, 0.6) is 0 Å². The Kier molecular flexibility index (Phi) is 6.14. The average molecular weight is 378 g/mol. The molecule has 146 valence electrons. The van der Waals surface area contributed by atoms with E-state index in [1.54, 1.807) is 4.90 Å². The molecule has 1 amide bonds. The fourth-order valence-corrected chi connectivity index (χ4v) is 3.45. The van der Waals surface area contributed by atoms with Crippen LogP contribution in [-0.4, -0.2) is 28.4 Å². The molecular formula is C23H26N2O3. The summed E-state index contributed by atoms with van der Waals surface area (Å²) >= 11 is 0. The van der Waals surface area contributed by atoms with E-state index in [9.17, 15) is 14.7 Å². The summed E-state index contributed by atoms with van der Waals surface area (Å²) in [5, 5.41) is 12.7. The van der Waals surface area contributed by atoms with Crippen LogP contribution in [0.25, 0.3) is 5.70 Å². The molecule has 0 saturated carbocycles. The van der Waals surface area contributed by atoms with E-state index in [0.29, 0.717) is 6.54 Å². The van der Waals surface area contributed by atoms with E-state index in [0.717, 1.165) is 28.8 Å². The molecule has 0 saturated heterocycles. The van der Waals surface area contributed by atoms with Gasteiger partial charge in [0, 0.05) is 6.20 Å². The topological polar surface area (TPSA) is 69.6 Å². The maximum Gasteiger partial charge on any atom is 0.311 e. The molecule has 0 fully saturated rings. The van der Waals surface area contributed by atoms with Crippen molar-refractivity contribution in [2.75, 3.05) is 6.54 Å². The molecule has 0 aliphatic carbocycles. The highest BCUT2D eigenvalue weighted by Crippen LogP contribution is 2.28. The van der Waals surface area contributed by atoms with Crippen molar-refractivity contribution in [2.24, 2.45) is 5.92 Å². The summed E-state index contributed by atoms with van der Waals surface area (Å²) in [6.45, 7) is 4.68. The van der Waals surface area contributed by atoms with Crippen molar-refractivity contribution in [3.05, 3.63) is 77.5 Å². The lowest BCUT2D eigenvalue weighted by molar-refractivity contribution is -0.140. The lowest BCUT2D eigenvalue weighted by Gasteiger charge is -2.27. The van der Waals surface area contributed by atoms with Crippen LogP contribution < -0.4 is 5.32 Å². The van der Waals surface area contributed by atoms with Crippen LogP contribution in [0.4, 0.5) is 0 Å². The molecule has 5 heteroatoms. The number of carbonyl (C=O) groups excluding carboxylic acids is 1. The minimum absolute atomic E-state index is 0.00627. The molecular weight excluding hydrogens is 352 g/mol. The smallest absolute Gasteiger partial charge is 0.311 e. The molecule has 2 unspecified atom stereocenters. The number of carbonyl (C=O) groups is 2. The zero-order valence-electron chi connectivity index (χ0n) is 16.3. The number of benzene rings is 2. The van der Waals surface area contributed by atoms with Gasteiger partial charge in [-0.15, -0.1) is 0 Å². The minimum Gasteiger partial charge on any atom is -0.481 e. The second kappa shape index (κ2) is 8.74. The van der Waals surface area contributed by atoms with E-state index in [-0.39, 0.29) is 18.4 Å². The third kappa shape index (κ3) is 4.42.